The summed E-state index contributed by atoms with van der Waals surface area (Å²) in [5.74, 6) is 0. The van der Waals surface area contributed by atoms with Crippen LogP contribution in [0.15, 0.2) is 48.5 Å². The third-order valence-corrected chi connectivity index (χ3v) is 2.68. The van der Waals surface area contributed by atoms with Crippen molar-refractivity contribution in [2.75, 3.05) is 5.32 Å². The summed E-state index contributed by atoms with van der Waals surface area (Å²) in [5, 5.41) is 3.44. The molecule has 16 heavy (non-hydrogen) atoms. The fraction of sp³-hybridized carbons (Fsp3) is 0.0769. The standard InChI is InChI=1S/C13H11N.2K.2H/c1-3-7-12-10(5-1)9-11-6-2-4-8-13(11)14-12;;;;/h1-8,14H,9H2;;;;/q;2*+1;2*-1. The maximum Gasteiger partial charge on any atom is 1.00 e. The average Bonchev–Trinajstić information content (AvgIpc) is 2.26. The molecule has 2 aromatic carbocycles. The molecule has 0 unspecified atom stereocenters. The summed E-state index contributed by atoms with van der Waals surface area (Å²) in [6.45, 7) is 0. The van der Waals surface area contributed by atoms with E-state index in [0.717, 1.165) is 6.42 Å². The van der Waals surface area contributed by atoms with Crippen LogP contribution in [0, 0.1) is 0 Å². The first-order chi connectivity index (χ1) is 6.93. The Bertz CT molecular complexity index is 404. The number of para-hydroxylation sites is 2. The van der Waals surface area contributed by atoms with Crippen molar-refractivity contribution >= 4 is 11.4 Å². The zero-order chi connectivity index (χ0) is 9.38. The molecular weight excluding hydrogens is 248 g/mol. The molecule has 72 valence electrons. The second kappa shape index (κ2) is 7.19. The third kappa shape index (κ3) is 3.29. The van der Waals surface area contributed by atoms with Crippen molar-refractivity contribution in [1.82, 2.24) is 0 Å². The second-order valence-corrected chi connectivity index (χ2v) is 3.62. The van der Waals surface area contributed by atoms with Crippen molar-refractivity contribution in [3.63, 3.8) is 0 Å². The van der Waals surface area contributed by atoms with E-state index < -0.39 is 0 Å². The molecular formula is C13H13K2N. The summed E-state index contributed by atoms with van der Waals surface area (Å²) in [7, 11) is 0. The molecule has 0 amide bonds. The second-order valence-electron chi connectivity index (χ2n) is 3.62. The molecule has 2 aromatic rings. The van der Waals surface area contributed by atoms with Gasteiger partial charge >= 0.3 is 103 Å². The van der Waals surface area contributed by atoms with Gasteiger partial charge in [0.25, 0.3) is 0 Å². The maximum atomic E-state index is 3.44. The van der Waals surface area contributed by atoms with E-state index >= 15 is 0 Å². The van der Waals surface area contributed by atoms with E-state index in [4.69, 9.17) is 0 Å². The van der Waals surface area contributed by atoms with E-state index in [1.165, 1.54) is 22.5 Å². The van der Waals surface area contributed by atoms with Crippen LogP contribution in [-0.4, -0.2) is 0 Å². The van der Waals surface area contributed by atoms with Crippen LogP contribution >= 0.6 is 0 Å². The van der Waals surface area contributed by atoms with Crippen molar-refractivity contribution in [2.45, 2.75) is 6.42 Å². The van der Waals surface area contributed by atoms with Gasteiger partial charge in [-0.05, 0) is 23.3 Å². The van der Waals surface area contributed by atoms with Gasteiger partial charge in [0, 0.05) is 17.8 Å². The Morgan fingerprint density at radius 3 is 1.69 bits per heavy atom. The molecule has 0 spiro atoms. The summed E-state index contributed by atoms with van der Waals surface area (Å²) in [6.07, 6.45) is 1.04. The Morgan fingerprint density at radius 1 is 0.750 bits per heavy atom. The predicted octanol–water partition coefficient (Wildman–Crippen LogP) is -2.43. The van der Waals surface area contributed by atoms with Crippen LogP contribution in [0.1, 0.15) is 14.0 Å². The molecule has 1 nitrogen and oxygen atoms in total. The first-order valence-electron chi connectivity index (χ1n) is 4.86. The van der Waals surface area contributed by atoms with Gasteiger partial charge in [-0.25, -0.2) is 0 Å². The van der Waals surface area contributed by atoms with Gasteiger partial charge in [-0.2, -0.15) is 0 Å². The minimum absolute atomic E-state index is 0. The summed E-state index contributed by atoms with van der Waals surface area (Å²) < 4.78 is 0. The minimum atomic E-state index is 0. The molecule has 0 saturated carbocycles. The fourth-order valence-corrected chi connectivity index (χ4v) is 1.94. The summed E-state index contributed by atoms with van der Waals surface area (Å²) >= 11 is 0. The molecule has 0 radical (unpaired) electrons. The number of rotatable bonds is 0. The van der Waals surface area contributed by atoms with E-state index in [1.54, 1.807) is 0 Å². The number of hydrogen-bond donors (Lipinski definition) is 1. The van der Waals surface area contributed by atoms with Crippen LogP contribution < -0.4 is 108 Å². The van der Waals surface area contributed by atoms with Crippen LogP contribution in [0.4, 0.5) is 11.4 Å². The molecule has 3 rings (SSSR count). The minimum Gasteiger partial charge on any atom is -1.00 e. The van der Waals surface area contributed by atoms with Gasteiger partial charge in [0.2, 0.25) is 0 Å². The summed E-state index contributed by atoms with van der Waals surface area (Å²) in [6, 6.07) is 16.9. The Kier molecular flexibility index (Phi) is 6.99. The molecule has 0 atom stereocenters. The number of anilines is 2. The van der Waals surface area contributed by atoms with Gasteiger partial charge in [0.1, 0.15) is 0 Å². The zero-order valence-corrected chi connectivity index (χ0v) is 16.1. The van der Waals surface area contributed by atoms with Gasteiger partial charge < -0.3 is 8.17 Å². The topological polar surface area (TPSA) is 12.0 Å². The van der Waals surface area contributed by atoms with Gasteiger partial charge in [-0.15, -0.1) is 0 Å². The number of fused-ring (bicyclic) bond motifs is 2. The first kappa shape index (κ1) is 15.6. The third-order valence-electron chi connectivity index (χ3n) is 2.68. The Labute approximate surface area is 184 Å². The van der Waals surface area contributed by atoms with Crippen LogP contribution in [0.5, 0.6) is 0 Å². The Hall–Kier alpha value is 1.51. The van der Waals surface area contributed by atoms with Crippen LogP contribution in [-0.2, 0) is 6.42 Å². The molecule has 0 bridgehead atoms. The van der Waals surface area contributed by atoms with Gasteiger partial charge in [-0.3, -0.25) is 0 Å². The van der Waals surface area contributed by atoms with Crippen molar-refractivity contribution in [3.8, 4) is 0 Å². The average molecular weight is 261 g/mol. The summed E-state index contributed by atoms with van der Waals surface area (Å²) in [4.78, 5) is 0. The van der Waals surface area contributed by atoms with E-state index in [9.17, 15) is 0 Å². The maximum absolute atomic E-state index is 3.44. The van der Waals surface area contributed by atoms with Gasteiger partial charge in [-0.1, -0.05) is 36.4 Å². The first-order valence-corrected chi connectivity index (χ1v) is 4.86. The molecule has 0 saturated heterocycles. The number of benzene rings is 2. The van der Waals surface area contributed by atoms with Crippen LogP contribution in [0.2, 0.25) is 0 Å². The SMILES string of the molecule is [H-].[H-].[K+].[K+].c1ccc2c(c1)Cc1ccccc1N2. The van der Waals surface area contributed by atoms with Crippen molar-refractivity contribution < 1.29 is 106 Å². The summed E-state index contributed by atoms with van der Waals surface area (Å²) in [5.41, 5.74) is 5.25. The molecule has 1 aliphatic rings. The molecule has 1 N–H and O–H groups in total. The van der Waals surface area contributed by atoms with Crippen molar-refractivity contribution in [2.24, 2.45) is 0 Å². The molecule has 0 aliphatic carbocycles. The van der Waals surface area contributed by atoms with Crippen molar-refractivity contribution in [1.29, 1.82) is 0 Å². The van der Waals surface area contributed by atoms with Crippen LogP contribution in [0.3, 0.4) is 0 Å². The van der Waals surface area contributed by atoms with Crippen molar-refractivity contribution in [3.05, 3.63) is 59.7 Å². The Balaban J connectivity index is 0. The fourth-order valence-electron chi connectivity index (χ4n) is 1.94. The quantitative estimate of drug-likeness (QED) is 0.444. The smallest absolute Gasteiger partial charge is 1.00 e. The number of nitrogens with one attached hydrogen (secondary N) is 1. The molecule has 1 heterocycles. The van der Waals surface area contributed by atoms with E-state index in [1.807, 2.05) is 0 Å². The largest absolute Gasteiger partial charge is 1.00 e. The molecule has 0 aromatic heterocycles. The van der Waals surface area contributed by atoms with E-state index in [0.29, 0.717) is 0 Å². The van der Waals surface area contributed by atoms with Gasteiger partial charge in [0.15, 0.2) is 0 Å². The van der Waals surface area contributed by atoms with E-state index in [-0.39, 0.29) is 106 Å². The molecule has 3 heteroatoms. The predicted molar refractivity (Wildman–Crippen MR) is 61.2 cm³/mol. The monoisotopic (exact) mass is 261 g/mol. The Morgan fingerprint density at radius 2 is 1.19 bits per heavy atom. The number of hydrogen-bond acceptors (Lipinski definition) is 1. The molecule has 1 aliphatic heterocycles. The molecule has 0 fully saturated rings. The normalized spacial score (nSPS) is 11.0. The van der Waals surface area contributed by atoms with Crippen LogP contribution in [0.25, 0.3) is 0 Å². The van der Waals surface area contributed by atoms with E-state index in [2.05, 4.69) is 53.8 Å². The van der Waals surface area contributed by atoms with Gasteiger partial charge in [0.05, 0.1) is 0 Å². The zero-order valence-electron chi connectivity index (χ0n) is 11.8.